The molecule has 1 aromatic rings. The predicted molar refractivity (Wildman–Crippen MR) is 87.9 cm³/mol. The van der Waals surface area contributed by atoms with Gasteiger partial charge in [-0.2, -0.15) is 18.4 Å². The Kier molecular flexibility index (Phi) is 5.70. The number of piperidine rings is 1. The van der Waals surface area contributed by atoms with Crippen LogP contribution in [-0.2, 0) is 11.0 Å². The van der Waals surface area contributed by atoms with Crippen molar-refractivity contribution in [3.63, 3.8) is 0 Å². The third-order valence-corrected chi connectivity index (χ3v) is 4.18. The molecule has 0 spiro atoms. The number of carbonyl (C=O) groups excluding carboxylic acids is 1. The summed E-state index contributed by atoms with van der Waals surface area (Å²) in [5.74, 6) is -0.427. The van der Waals surface area contributed by atoms with Gasteiger partial charge in [-0.05, 0) is 58.0 Å². The van der Waals surface area contributed by atoms with E-state index in [0.717, 1.165) is 38.1 Å². The molecule has 1 aromatic carbocycles. The van der Waals surface area contributed by atoms with Crippen LogP contribution in [0.1, 0.15) is 37.8 Å². The fourth-order valence-electron chi connectivity index (χ4n) is 2.78. The van der Waals surface area contributed by atoms with Crippen LogP contribution in [0.5, 0.6) is 0 Å². The van der Waals surface area contributed by atoms with E-state index in [-0.39, 0.29) is 11.7 Å². The second-order valence-corrected chi connectivity index (χ2v) is 6.62. The zero-order valence-electron chi connectivity index (χ0n) is 14.1. The average Bonchev–Trinajstić information content (AvgIpc) is 2.54. The van der Waals surface area contributed by atoms with E-state index in [1.807, 2.05) is 0 Å². The first-order chi connectivity index (χ1) is 11.6. The Balaban J connectivity index is 2.12. The van der Waals surface area contributed by atoms with Crippen molar-refractivity contribution in [1.29, 1.82) is 5.26 Å². The standard InChI is InChI=1S/C17H21F3N4O/c1-16(2,24-12-5-7-22-8-6-12)15(25)23-13-4-3-11(10-21)14(9-13)17(18,19)20/h3-4,9,12,22,24H,5-8H2,1-2H3,(H,23,25). The van der Waals surface area contributed by atoms with E-state index < -0.39 is 28.7 Å². The molecule has 0 saturated carbocycles. The lowest BCUT2D eigenvalue weighted by molar-refractivity contribution is -0.137. The van der Waals surface area contributed by atoms with Gasteiger partial charge in [-0.1, -0.05) is 0 Å². The molecule has 0 aliphatic carbocycles. The number of carbonyl (C=O) groups is 1. The molecule has 2 rings (SSSR count). The quantitative estimate of drug-likeness (QED) is 0.777. The minimum atomic E-state index is -4.66. The molecule has 1 heterocycles. The molecule has 1 aliphatic heterocycles. The van der Waals surface area contributed by atoms with Gasteiger partial charge in [0.1, 0.15) is 0 Å². The number of hydrogen-bond donors (Lipinski definition) is 3. The molecule has 1 fully saturated rings. The molecule has 0 unspecified atom stereocenters. The van der Waals surface area contributed by atoms with Crippen molar-refractivity contribution in [2.24, 2.45) is 0 Å². The van der Waals surface area contributed by atoms with Crippen LogP contribution in [0, 0.1) is 11.3 Å². The number of rotatable bonds is 4. The normalized spacial score (nSPS) is 16.3. The Bertz CT molecular complexity index is 673. The van der Waals surface area contributed by atoms with Crippen LogP contribution in [0.25, 0.3) is 0 Å². The Morgan fingerprint density at radius 2 is 1.92 bits per heavy atom. The lowest BCUT2D eigenvalue weighted by atomic mass is 9.98. The Morgan fingerprint density at radius 1 is 1.28 bits per heavy atom. The SMILES string of the molecule is CC(C)(NC1CCNCC1)C(=O)Nc1ccc(C#N)c(C(F)(F)F)c1. The van der Waals surface area contributed by atoms with Gasteiger partial charge in [-0.15, -0.1) is 0 Å². The lowest BCUT2D eigenvalue weighted by Crippen LogP contribution is -2.56. The van der Waals surface area contributed by atoms with Crippen LogP contribution < -0.4 is 16.0 Å². The number of nitrogens with one attached hydrogen (secondary N) is 3. The lowest BCUT2D eigenvalue weighted by Gasteiger charge is -2.33. The van der Waals surface area contributed by atoms with Gasteiger partial charge in [-0.25, -0.2) is 0 Å². The van der Waals surface area contributed by atoms with E-state index in [2.05, 4.69) is 16.0 Å². The Hall–Kier alpha value is -2.11. The second-order valence-electron chi connectivity index (χ2n) is 6.62. The smallest absolute Gasteiger partial charge is 0.324 e. The minimum Gasteiger partial charge on any atom is -0.324 e. The summed E-state index contributed by atoms with van der Waals surface area (Å²) in [5.41, 5.74) is -2.46. The highest BCUT2D eigenvalue weighted by atomic mass is 19.4. The van der Waals surface area contributed by atoms with Gasteiger partial charge in [0.15, 0.2) is 0 Å². The molecule has 5 nitrogen and oxygen atoms in total. The van der Waals surface area contributed by atoms with Crippen LogP contribution in [-0.4, -0.2) is 30.6 Å². The van der Waals surface area contributed by atoms with Crippen molar-refractivity contribution in [3.05, 3.63) is 29.3 Å². The maximum Gasteiger partial charge on any atom is 0.417 e. The molecular formula is C17H21F3N4O. The molecule has 0 atom stereocenters. The second kappa shape index (κ2) is 7.42. The van der Waals surface area contributed by atoms with E-state index in [0.29, 0.717) is 0 Å². The Labute approximate surface area is 144 Å². The number of nitriles is 1. The van der Waals surface area contributed by atoms with Gasteiger partial charge < -0.3 is 16.0 Å². The molecule has 25 heavy (non-hydrogen) atoms. The molecule has 136 valence electrons. The van der Waals surface area contributed by atoms with Crippen LogP contribution in [0.15, 0.2) is 18.2 Å². The average molecular weight is 354 g/mol. The van der Waals surface area contributed by atoms with Gasteiger partial charge in [0.2, 0.25) is 5.91 Å². The van der Waals surface area contributed by atoms with Gasteiger partial charge >= 0.3 is 6.18 Å². The highest BCUT2D eigenvalue weighted by Gasteiger charge is 2.35. The summed E-state index contributed by atoms with van der Waals surface area (Å²) in [6.07, 6.45) is -2.90. The number of anilines is 1. The fourth-order valence-corrected chi connectivity index (χ4v) is 2.78. The summed E-state index contributed by atoms with van der Waals surface area (Å²) >= 11 is 0. The number of hydrogen-bond acceptors (Lipinski definition) is 4. The molecule has 0 bridgehead atoms. The topological polar surface area (TPSA) is 76.9 Å². The van der Waals surface area contributed by atoms with Gasteiger partial charge in [0.05, 0.1) is 22.7 Å². The maximum atomic E-state index is 13.0. The van der Waals surface area contributed by atoms with Gasteiger partial charge in [0.25, 0.3) is 0 Å². The minimum absolute atomic E-state index is 0.0107. The molecule has 8 heteroatoms. The number of alkyl halides is 3. The number of halogens is 3. The highest BCUT2D eigenvalue weighted by Crippen LogP contribution is 2.33. The first kappa shape index (κ1) is 19.2. The zero-order valence-corrected chi connectivity index (χ0v) is 14.1. The molecule has 1 aliphatic rings. The van der Waals surface area contributed by atoms with Crippen LogP contribution >= 0.6 is 0 Å². The molecule has 0 radical (unpaired) electrons. The number of nitrogens with zero attached hydrogens (tertiary/aromatic N) is 1. The third kappa shape index (κ3) is 4.94. The van der Waals surface area contributed by atoms with Crippen molar-refractivity contribution >= 4 is 11.6 Å². The van der Waals surface area contributed by atoms with Crippen LogP contribution in [0.2, 0.25) is 0 Å². The number of benzene rings is 1. The summed E-state index contributed by atoms with van der Waals surface area (Å²) in [7, 11) is 0. The van der Waals surface area contributed by atoms with E-state index in [9.17, 15) is 18.0 Å². The van der Waals surface area contributed by atoms with E-state index in [1.54, 1.807) is 13.8 Å². The van der Waals surface area contributed by atoms with Crippen molar-refractivity contribution in [2.45, 2.75) is 44.4 Å². The summed E-state index contributed by atoms with van der Waals surface area (Å²) in [5, 5.41) is 17.8. The monoisotopic (exact) mass is 354 g/mol. The largest absolute Gasteiger partial charge is 0.417 e. The molecule has 1 saturated heterocycles. The molecule has 1 amide bonds. The first-order valence-electron chi connectivity index (χ1n) is 8.04. The summed E-state index contributed by atoms with van der Waals surface area (Å²) in [6, 6.07) is 4.84. The molecule has 0 aromatic heterocycles. The van der Waals surface area contributed by atoms with E-state index in [1.165, 1.54) is 12.1 Å². The van der Waals surface area contributed by atoms with Crippen molar-refractivity contribution < 1.29 is 18.0 Å². The zero-order chi connectivity index (χ0) is 18.7. The molecule has 3 N–H and O–H groups in total. The van der Waals surface area contributed by atoms with E-state index in [4.69, 9.17) is 5.26 Å². The van der Waals surface area contributed by atoms with E-state index >= 15 is 0 Å². The third-order valence-electron chi connectivity index (χ3n) is 4.18. The maximum absolute atomic E-state index is 13.0. The van der Waals surface area contributed by atoms with Crippen molar-refractivity contribution in [2.75, 3.05) is 18.4 Å². The van der Waals surface area contributed by atoms with Crippen molar-refractivity contribution in [1.82, 2.24) is 10.6 Å². The van der Waals surface area contributed by atoms with Gasteiger partial charge in [-0.3, -0.25) is 4.79 Å². The first-order valence-corrected chi connectivity index (χ1v) is 8.04. The van der Waals surface area contributed by atoms with Crippen molar-refractivity contribution in [3.8, 4) is 6.07 Å². The fraction of sp³-hybridized carbons (Fsp3) is 0.529. The predicted octanol–water partition coefficient (Wildman–Crippen LogP) is 2.64. The van der Waals surface area contributed by atoms with Crippen LogP contribution in [0.4, 0.5) is 18.9 Å². The Morgan fingerprint density at radius 3 is 2.48 bits per heavy atom. The van der Waals surface area contributed by atoms with Crippen LogP contribution in [0.3, 0.4) is 0 Å². The summed E-state index contributed by atoms with van der Waals surface area (Å²) in [4.78, 5) is 12.5. The number of amides is 1. The molecular weight excluding hydrogens is 333 g/mol. The van der Waals surface area contributed by atoms with Gasteiger partial charge in [0, 0.05) is 11.7 Å². The summed E-state index contributed by atoms with van der Waals surface area (Å²) < 4.78 is 39.0. The highest BCUT2D eigenvalue weighted by molar-refractivity contribution is 5.97. The summed E-state index contributed by atoms with van der Waals surface area (Å²) in [6.45, 7) is 5.11.